The van der Waals surface area contributed by atoms with E-state index in [1.807, 2.05) is 6.07 Å². The Balaban J connectivity index is 1.74. The van der Waals surface area contributed by atoms with Gasteiger partial charge >= 0.3 is 0 Å². The van der Waals surface area contributed by atoms with Crippen molar-refractivity contribution >= 4 is 17.1 Å². The van der Waals surface area contributed by atoms with Crippen LogP contribution in [0.15, 0.2) is 54.2 Å². The van der Waals surface area contributed by atoms with Gasteiger partial charge in [-0.15, -0.1) is 11.3 Å². The first-order chi connectivity index (χ1) is 11.2. The lowest BCUT2D eigenvalue weighted by Gasteiger charge is -2.06. The van der Waals surface area contributed by atoms with Crippen LogP contribution in [-0.4, -0.2) is 15.8 Å². The lowest BCUT2D eigenvalue weighted by molar-refractivity contribution is 0.0992. The molecule has 1 aromatic carbocycles. The molecule has 0 fully saturated rings. The van der Waals surface area contributed by atoms with E-state index in [1.54, 1.807) is 54.2 Å². The molecule has 0 N–H and O–H groups in total. The van der Waals surface area contributed by atoms with Gasteiger partial charge in [-0.25, -0.2) is 4.98 Å². The van der Waals surface area contributed by atoms with Gasteiger partial charge in [0.25, 0.3) is 0 Å². The number of ketones is 1. The second-order valence-electron chi connectivity index (χ2n) is 4.66. The smallest absolute Gasteiger partial charge is 0.169 e. The standard InChI is InChI=1S/C17H11N3O2S/c18-9-13-11-23-17(20-13)8-16(21)12-3-1-4-14(7-12)22-15-5-2-6-19-10-15/h1-7,10-11H,8H2. The molecule has 0 aliphatic rings. The molecule has 3 rings (SSSR count). The number of carbonyl (C=O) groups excluding carboxylic acids is 1. The highest BCUT2D eigenvalue weighted by atomic mass is 32.1. The number of hydrogen-bond acceptors (Lipinski definition) is 6. The predicted molar refractivity (Wildman–Crippen MR) is 85.6 cm³/mol. The first-order valence-electron chi connectivity index (χ1n) is 6.80. The van der Waals surface area contributed by atoms with Crippen LogP contribution in [-0.2, 0) is 6.42 Å². The van der Waals surface area contributed by atoms with Gasteiger partial charge in [0.2, 0.25) is 0 Å². The summed E-state index contributed by atoms with van der Waals surface area (Å²) in [7, 11) is 0. The summed E-state index contributed by atoms with van der Waals surface area (Å²) >= 11 is 1.31. The highest BCUT2D eigenvalue weighted by Gasteiger charge is 2.11. The van der Waals surface area contributed by atoms with Gasteiger partial charge in [-0.3, -0.25) is 9.78 Å². The van der Waals surface area contributed by atoms with E-state index in [0.29, 0.717) is 27.8 Å². The molecule has 0 aliphatic carbocycles. The Bertz CT molecular complexity index is 869. The number of nitriles is 1. The molecular weight excluding hydrogens is 310 g/mol. The number of rotatable bonds is 5. The van der Waals surface area contributed by atoms with Crippen LogP contribution in [0, 0.1) is 11.3 Å². The van der Waals surface area contributed by atoms with E-state index in [0.717, 1.165) is 0 Å². The topological polar surface area (TPSA) is 75.9 Å². The SMILES string of the molecule is N#Cc1csc(CC(=O)c2cccc(Oc3cccnc3)c2)n1. The van der Waals surface area contributed by atoms with Gasteiger partial charge in [0.1, 0.15) is 22.6 Å². The van der Waals surface area contributed by atoms with Crippen LogP contribution in [0.25, 0.3) is 0 Å². The maximum Gasteiger partial charge on any atom is 0.169 e. The number of pyridine rings is 1. The summed E-state index contributed by atoms with van der Waals surface area (Å²) in [6.45, 7) is 0. The highest BCUT2D eigenvalue weighted by Crippen LogP contribution is 2.22. The van der Waals surface area contributed by atoms with Crippen molar-refractivity contribution in [1.82, 2.24) is 9.97 Å². The van der Waals surface area contributed by atoms with Gasteiger partial charge in [0.05, 0.1) is 12.6 Å². The number of carbonyl (C=O) groups is 1. The monoisotopic (exact) mass is 321 g/mol. The molecule has 5 nitrogen and oxygen atoms in total. The van der Waals surface area contributed by atoms with E-state index in [4.69, 9.17) is 10.00 Å². The molecule has 2 aromatic heterocycles. The molecule has 2 heterocycles. The van der Waals surface area contributed by atoms with Gasteiger partial charge < -0.3 is 4.74 Å². The summed E-state index contributed by atoms with van der Waals surface area (Å²) in [6, 6.07) is 12.5. The number of benzene rings is 1. The second-order valence-corrected chi connectivity index (χ2v) is 5.60. The Hall–Kier alpha value is -3.04. The van der Waals surface area contributed by atoms with Crippen LogP contribution < -0.4 is 4.74 Å². The minimum Gasteiger partial charge on any atom is -0.456 e. The minimum absolute atomic E-state index is 0.0690. The molecule has 0 spiro atoms. The summed E-state index contributed by atoms with van der Waals surface area (Å²) in [6.07, 6.45) is 3.44. The third-order valence-electron chi connectivity index (χ3n) is 3.00. The van der Waals surface area contributed by atoms with Crippen molar-refractivity contribution in [3.8, 4) is 17.6 Å². The van der Waals surface area contributed by atoms with Crippen LogP contribution in [0.4, 0.5) is 0 Å². The van der Waals surface area contributed by atoms with Gasteiger partial charge in [-0.2, -0.15) is 5.26 Å². The fourth-order valence-electron chi connectivity index (χ4n) is 1.96. The van der Waals surface area contributed by atoms with Gasteiger partial charge in [0.15, 0.2) is 11.5 Å². The number of thiazole rings is 1. The third kappa shape index (κ3) is 3.78. The molecular formula is C17H11N3O2S. The van der Waals surface area contributed by atoms with Crippen LogP contribution in [0.5, 0.6) is 11.5 Å². The van der Waals surface area contributed by atoms with Crippen LogP contribution >= 0.6 is 11.3 Å². The second kappa shape index (κ2) is 6.81. The normalized spacial score (nSPS) is 10.0. The van der Waals surface area contributed by atoms with Crippen molar-refractivity contribution in [3.63, 3.8) is 0 Å². The average Bonchev–Trinajstić information content (AvgIpc) is 3.03. The Morgan fingerprint density at radius 2 is 2.13 bits per heavy atom. The number of Topliss-reactive ketones (excluding diaryl/α,β-unsaturated/α-hetero) is 1. The van der Waals surface area contributed by atoms with E-state index in [9.17, 15) is 4.79 Å². The van der Waals surface area contributed by atoms with Crippen molar-refractivity contribution in [1.29, 1.82) is 5.26 Å². The van der Waals surface area contributed by atoms with E-state index >= 15 is 0 Å². The van der Waals surface area contributed by atoms with Crippen molar-refractivity contribution < 1.29 is 9.53 Å². The van der Waals surface area contributed by atoms with Crippen LogP contribution in [0.2, 0.25) is 0 Å². The van der Waals surface area contributed by atoms with Gasteiger partial charge in [-0.05, 0) is 24.3 Å². The summed E-state index contributed by atoms with van der Waals surface area (Å²) in [4.78, 5) is 20.4. The Morgan fingerprint density at radius 3 is 2.87 bits per heavy atom. The zero-order chi connectivity index (χ0) is 16.1. The molecule has 23 heavy (non-hydrogen) atoms. The largest absolute Gasteiger partial charge is 0.456 e. The molecule has 0 atom stereocenters. The fourth-order valence-corrected chi connectivity index (χ4v) is 2.68. The summed E-state index contributed by atoms with van der Waals surface area (Å²) in [5.41, 5.74) is 0.881. The molecule has 0 saturated heterocycles. The first-order valence-corrected chi connectivity index (χ1v) is 7.68. The maximum absolute atomic E-state index is 12.3. The summed E-state index contributed by atoms with van der Waals surface area (Å²) < 4.78 is 5.67. The average molecular weight is 321 g/mol. The minimum atomic E-state index is -0.0690. The van der Waals surface area contributed by atoms with Crippen molar-refractivity contribution in [2.75, 3.05) is 0 Å². The van der Waals surface area contributed by atoms with Crippen molar-refractivity contribution in [3.05, 3.63) is 70.4 Å². The third-order valence-corrected chi connectivity index (χ3v) is 3.85. The molecule has 0 aliphatic heterocycles. The zero-order valence-corrected chi connectivity index (χ0v) is 12.8. The lowest BCUT2D eigenvalue weighted by atomic mass is 10.1. The predicted octanol–water partition coefficient (Wildman–Crippen LogP) is 3.63. The first kappa shape index (κ1) is 14.9. The van der Waals surface area contributed by atoms with E-state index in [-0.39, 0.29) is 12.2 Å². The Kier molecular flexibility index (Phi) is 4.41. The highest BCUT2D eigenvalue weighted by molar-refractivity contribution is 7.09. The molecule has 0 amide bonds. The molecule has 0 saturated carbocycles. The van der Waals surface area contributed by atoms with Crippen LogP contribution in [0.3, 0.4) is 0 Å². The van der Waals surface area contributed by atoms with E-state index in [1.165, 1.54) is 11.3 Å². The fraction of sp³-hybridized carbons (Fsp3) is 0.0588. The number of aromatic nitrogens is 2. The number of ether oxygens (including phenoxy) is 1. The molecule has 0 radical (unpaired) electrons. The molecule has 6 heteroatoms. The summed E-state index contributed by atoms with van der Waals surface area (Å²) in [5.74, 6) is 1.11. The molecule has 112 valence electrons. The summed E-state index contributed by atoms with van der Waals surface area (Å²) in [5, 5.41) is 11.0. The molecule has 0 unspecified atom stereocenters. The quantitative estimate of drug-likeness (QED) is 0.671. The molecule has 3 aromatic rings. The number of nitrogens with zero attached hydrogens (tertiary/aromatic N) is 3. The molecule has 0 bridgehead atoms. The Morgan fingerprint density at radius 1 is 1.26 bits per heavy atom. The van der Waals surface area contributed by atoms with Crippen LogP contribution in [0.1, 0.15) is 21.1 Å². The van der Waals surface area contributed by atoms with Gasteiger partial charge in [0, 0.05) is 17.1 Å². The zero-order valence-electron chi connectivity index (χ0n) is 12.0. The Labute approximate surface area is 136 Å². The van der Waals surface area contributed by atoms with Crippen molar-refractivity contribution in [2.45, 2.75) is 6.42 Å². The van der Waals surface area contributed by atoms with Gasteiger partial charge in [-0.1, -0.05) is 12.1 Å². The van der Waals surface area contributed by atoms with E-state index < -0.39 is 0 Å². The lowest BCUT2D eigenvalue weighted by Crippen LogP contribution is -2.03. The number of hydrogen-bond donors (Lipinski definition) is 0. The maximum atomic E-state index is 12.3. The van der Waals surface area contributed by atoms with E-state index in [2.05, 4.69) is 9.97 Å². The van der Waals surface area contributed by atoms with Crippen molar-refractivity contribution in [2.24, 2.45) is 0 Å².